The smallest absolute Gasteiger partial charge is 0.254 e. The Bertz CT molecular complexity index is 1120. The average molecular weight is 463 g/mol. The number of hydrogen-bond acceptors (Lipinski definition) is 6. The molecule has 0 bridgehead atoms. The SMILES string of the molecule is O=C(CNc1ccc(C(=O)N2CCOCC2)cc1)Nc1cccc(C(=O)NCc2ccco2)c1. The normalized spacial score (nSPS) is 13.2. The van der Waals surface area contributed by atoms with Crippen molar-refractivity contribution in [1.82, 2.24) is 10.2 Å². The summed E-state index contributed by atoms with van der Waals surface area (Å²) in [7, 11) is 0. The summed E-state index contributed by atoms with van der Waals surface area (Å²) in [5, 5.41) is 8.59. The van der Waals surface area contributed by atoms with Gasteiger partial charge in [0.25, 0.3) is 11.8 Å². The number of carbonyl (C=O) groups excluding carboxylic acids is 3. The van der Waals surface area contributed by atoms with Crippen molar-refractivity contribution in [2.75, 3.05) is 43.5 Å². The number of ether oxygens (including phenoxy) is 1. The molecular formula is C25H26N4O5. The Hall–Kier alpha value is -4.11. The number of benzene rings is 2. The van der Waals surface area contributed by atoms with E-state index in [2.05, 4.69) is 16.0 Å². The molecule has 9 nitrogen and oxygen atoms in total. The Morgan fingerprint density at radius 2 is 1.68 bits per heavy atom. The molecule has 3 amide bonds. The van der Waals surface area contributed by atoms with Gasteiger partial charge in [-0.3, -0.25) is 14.4 Å². The Morgan fingerprint density at radius 3 is 2.41 bits per heavy atom. The molecule has 2 heterocycles. The summed E-state index contributed by atoms with van der Waals surface area (Å²) in [5.41, 5.74) is 2.26. The maximum atomic E-state index is 12.5. The van der Waals surface area contributed by atoms with E-state index in [-0.39, 0.29) is 30.8 Å². The van der Waals surface area contributed by atoms with E-state index in [1.807, 2.05) is 0 Å². The summed E-state index contributed by atoms with van der Waals surface area (Å²) in [6, 6.07) is 17.3. The van der Waals surface area contributed by atoms with Crippen molar-refractivity contribution in [3.8, 4) is 0 Å². The van der Waals surface area contributed by atoms with Crippen LogP contribution in [0.4, 0.5) is 11.4 Å². The van der Waals surface area contributed by atoms with E-state index in [4.69, 9.17) is 9.15 Å². The molecule has 1 aliphatic heterocycles. The van der Waals surface area contributed by atoms with Gasteiger partial charge in [-0.15, -0.1) is 0 Å². The molecule has 1 aliphatic rings. The summed E-state index contributed by atoms with van der Waals surface area (Å²) in [4.78, 5) is 39.0. The van der Waals surface area contributed by atoms with E-state index >= 15 is 0 Å². The molecule has 9 heteroatoms. The van der Waals surface area contributed by atoms with Crippen LogP contribution in [0, 0.1) is 0 Å². The van der Waals surface area contributed by atoms with Gasteiger partial charge >= 0.3 is 0 Å². The van der Waals surface area contributed by atoms with Gasteiger partial charge in [-0.2, -0.15) is 0 Å². The third-order valence-electron chi connectivity index (χ3n) is 5.30. The van der Waals surface area contributed by atoms with Crippen molar-refractivity contribution >= 4 is 29.1 Å². The zero-order valence-electron chi connectivity index (χ0n) is 18.6. The third-order valence-corrected chi connectivity index (χ3v) is 5.30. The lowest BCUT2D eigenvalue weighted by atomic mass is 10.1. The maximum Gasteiger partial charge on any atom is 0.254 e. The first kappa shape index (κ1) is 23.1. The summed E-state index contributed by atoms with van der Waals surface area (Å²) in [6.07, 6.45) is 1.55. The average Bonchev–Trinajstić information content (AvgIpc) is 3.40. The van der Waals surface area contributed by atoms with E-state index in [1.165, 1.54) is 0 Å². The first-order valence-corrected chi connectivity index (χ1v) is 11.0. The first-order valence-electron chi connectivity index (χ1n) is 11.0. The second-order valence-electron chi connectivity index (χ2n) is 7.73. The number of morpholine rings is 1. The number of nitrogens with one attached hydrogen (secondary N) is 3. The number of nitrogens with zero attached hydrogens (tertiary/aromatic N) is 1. The molecule has 0 atom stereocenters. The highest BCUT2D eigenvalue weighted by atomic mass is 16.5. The van der Waals surface area contributed by atoms with Gasteiger partial charge in [0, 0.05) is 35.6 Å². The van der Waals surface area contributed by atoms with Crippen LogP contribution >= 0.6 is 0 Å². The minimum Gasteiger partial charge on any atom is -0.467 e. The van der Waals surface area contributed by atoms with Crippen LogP contribution in [0.5, 0.6) is 0 Å². The van der Waals surface area contributed by atoms with Crippen LogP contribution in [0.3, 0.4) is 0 Å². The highest BCUT2D eigenvalue weighted by Crippen LogP contribution is 2.14. The molecule has 3 N–H and O–H groups in total. The molecule has 0 radical (unpaired) electrons. The highest BCUT2D eigenvalue weighted by molar-refractivity contribution is 5.98. The zero-order chi connectivity index (χ0) is 23.8. The van der Waals surface area contributed by atoms with Crippen LogP contribution in [0.25, 0.3) is 0 Å². The Labute approximate surface area is 197 Å². The number of furan rings is 1. The van der Waals surface area contributed by atoms with Crippen molar-refractivity contribution in [2.24, 2.45) is 0 Å². The fourth-order valence-corrected chi connectivity index (χ4v) is 3.49. The Balaban J connectivity index is 1.25. The predicted octanol–water partition coefficient (Wildman–Crippen LogP) is 2.73. The van der Waals surface area contributed by atoms with Crippen molar-refractivity contribution in [2.45, 2.75) is 6.54 Å². The van der Waals surface area contributed by atoms with E-state index in [1.54, 1.807) is 71.8 Å². The second-order valence-corrected chi connectivity index (χ2v) is 7.73. The fraction of sp³-hybridized carbons (Fsp3) is 0.240. The highest BCUT2D eigenvalue weighted by Gasteiger charge is 2.18. The monoisotopic (exact) mass is 462 g/mol. The molecule has 1 aromatic heterocycles. The van der Waals surface area contributed by atoms with Gasteiger partial charge in [0.1, 0.15) is 5.76 Å². The van der Waals surface area contributed by atoms with E-state index in [0.29, 0.717) is 48.9 Å². The van der Waals surface area contributed by atoms with Crippen molar-refractivity contribution < 1.29 is 23.5 Å². The fourth-order valence-electron chi connectivity index (χ4n) is 3.49. The Kier molecular flexibility index (Phi) is 7.56. The number of carbonyl (C=O) groups is 3. The number of hydrogen-bond donors (Lipinski definition) is 3. The molecule has 34 heavy (non-hydrogen) atoms. The predicted molar refractivity (Wildman–Crippen MR) is 127 cm³/mol. The van der Waals surface area contributed by atoms with E-state index < -0.39 is 0 Å². The van der Waals surface area contributed by atoms with E-state index in [9.17, 15) is 14.4 Å². The van der Waals surface area contributed by atoms with Crippen LogP contribution < -0.4 is 16.0 Å². The van der Waals surface area contributed by atoms with Crippen molar-refractivity contribution in [3.63, 3.8) is 0 Å². The Morgan fingerprint density at radius 1 is 0.882 bits per heavy atom. The minimum atomic E-state index is -0.266. The quantitative estimate of drug-likeness (QED) is 0.475. The number of anilines is 2. The van der Waals surface area contributed by atoms with Crippen LogP contribution in [-0.4, -0.2) is 55.5 Å². The number of amides is 3. The zero-order valence-corrected chi connectivity index (χ0v) is 18.6. The third kappa shape index (κ3) is 6.23. The molecule has 4 rings (SSSR count). The van der Waals surface area contributed by atoms with Crippen LogP contribution in [0.1, 0.15) is 26.5 Å². The van der Waals surface area contributed by atoms with Gasteiger partial charge in [-0.1, -0.05) is 6.07 Å². The molecule has 0 unspecified atom stereocenters. The summed E-state index contributed by atoms with van der Waals surface area (Å²) in [6.45, 7) is 2.60. The summed E-state index contributed by atoms with van der Waals surface area (Å²) in [5.74, 6) is 0.0991. The second kappa shape index (κ2) is 11.2. The largest absolute Gasteiger partial charge is 0.467 e. The van der Waals surface area contributed by atoms with Gasteiger partial charge in [-0.05, 0) is 54.6 Å². The van der Waals surface area contributed by atoms with Gasteiger partial charge in [-0.25, -0.2) is 0 Å². The first-order chi connectivity index (χ1) is 16.6. The van der Waals surface area contributed by atoms with Crippen LogP contribution in [0.2, 0.25) is 0 Å². The van der Waals surface area contributed by atoms with Gasteiger partial charge in [0.05, 0.1) is 32.6 Å². The molecule has 1 fully saturated rings. The molecule has 0 saturated carbocycles. The van der Waals surface area contributed by atoms with Crippen LogP contribution in [-0.2, 0) is 16.1 Å². The maximum absolute atomic E-state index is 12.5. The lowest BCUT2D eigenvalue weighted by Gasteiger charge is -2.26. The molecule has 0 spiro atoms. The minimum absolute atomic E-state index is 0.0272. The van der Waals surface area contributed by atoms with Gasteiger partial charge in [0.2, 0.25) is 5.91 Å². The molecule has 2 aromatic carbocycles. The van der Waals surface area contributed by atoms with Crippen molar-refractivity contribution in [3.05, 3.63) is 83.8 Å². The molecule has 0 aliphatic carbocycles. The topological polar surface area (TPSA) is 113 Å². The molecule has 176 valence electrons. The van der Waals surface area contributed by atoms with E-state index in [0.717, 1.165) is 5.69 Å². The number of rotatable bonds is 8. The summed E-state index contributed by atoms with van der Waals surface area (Å²) >= 11 is 0. The van der Waals surface area contributed by atoms with Gasteiger partial charge in [0.15, 0.2) is 0 Å². The van der Waals surface area contributed by atoms with Gasteiger partial charge < -0.3 is 30.0 Å². The van der Waals surface area contributed by atoms with Crippen molar-refractivity contribution in [1.29, 1.82) is 0 Å². The molecule has 3 aromatic rings. The van der Waals surface area contributed by atoms with Crippen LogP contribution in [0.15, 0.2) is 71.3 Å². The summed E-state index contributed by atoms with van der Waals surface area (Å²) < 4.78 is 10.5. The lowest BCUT2D eigenvalue weighted by molar-refractivity contribution is -0.114. The molecular weight excluding hydrogens is 436 g/mol. The standard InChI is InChI=1S/C25H26N4O5/c30-23(17-26-20-8-6-18(7-9-20)25(32)29-10-13-33-14-11-29)28-21-4-1-3-19(15-21)24(31)27-16-22-5-2-12-34-22/h1-9,12,15,26H,10-11,13-14,16-17H2,(H,27,31)(H,28,30). The molecule has 1 saturated heterocycles. The lowest BCUT2D eigenvalue weighted by Crippen LogP contribution is -2.40.